The van der Waals surface area contributed by atoms with Crippen LogP contribution in [0.3, 0.4) is 0 Å². The molecule has 4 rings (SSSR count). The smallest absolute Gasteiger partial charge is 0.273 e. The number of nitrogens with one attached hydrogen (secondary N) is 1. The topological polar surface area (TPSA) is 67.5 Å². The van der Waals surface area contributed by atoms with Crippen molar-refractivity contribution in [1.29, 1.82) is 0 Å². The number of hydrogen-bond donors (Lipinski definition) is 1. The molecule has 3 aromatic rings. The number of aromatic nitrogens is 2. The van der Waals surface area contributed by atoms with Gasteiger partial charge in [-0.15, -0.1) is 0 Å². The molecular formula is C23H25N3O3. The van der Waals surface area contributed by atoms with Gasteiger partial charge < -0.3 is 14.4 Å². The number of ether oxygens (including phenoxy) is 2. The van der Waals surface area contributed by atoms with Gasteiger partial charge in [0.2, 0.25) is 0 Å². The predicted octanol–water partition coefficient (Wildman–Crippen LogP) is 4.36. The Morgan fingerprint density at radius 1 is 1.10 bits per heavy atom. The van der Waals surface area contributed by atoms with Crippen molar-refractivity contribution in [3.05, 3.63) is 64.8 Å². The summed E-state index contributed by atoms with van der Waals surface area (Å²) in [5.41, 5.74) is 5.27. The van der Waals surface area contributed by atoms with E-state index < -0.39 is 0 Å². The fourth-order valence-electron chi connectivity index (χ4n) is 3.98. The molecule has 0 fully saturated rings. The van der Waals surface area contributed by atoms with Crippen LogP contribution in [-0.2, 0) is 0 Å². The van der Waals surface area contributed by atoms with E-state index in [9.17, 15) is 4.79 Å². The fraction of sp³-hybridized carbons (Fsp3) is 0.304. The Kier molecular flexibility index (Phi) is 5.01. The molecule has 1 atom stereocenters. The highest BCUT2D eigenvalue weighted by Gasteiger charge is 2.43. The number of rotatable bonds is 6. The average molecular weight is 391 g/mol. The monoisotopic (exact) mass is 391 g/mol. The molecule has 1 N–H and O–H groups in total. The minimum atomic E-state index is -0.294. The zero-order valence-corrected chi connectivity index (χ0v) is 17.2. The van der Waals surface area contributed by atoms with Gasteiger partial charge in [0, 0.05) is 23.2 Å². The Labute approximate surface area is 170 Å². The van der Waals surface area contributed by atoms with Gasteiger partial charge in [0.25, 0.3) is 5.91 Å². The van der Waals surface area contributed by atoms with Gasteiger partial charge in [0.15, 0.2) is 0 Å². The summed E-state index contributed by atoms with van der Waals surface area (Å²) in [6, 6.07) is 13.6. The molecule has 6 heteroatoms. The highest BCUT2D eigenvalue weighted by Crippen LogP contribution is 2.46. The molecule has 2 aromatic carbocycles. The molecule has 0 bridgehead atoms. The third kappa shape index (κ3) is 3.14. The van der Waals surface area contributed by atoms with Crippen molar-refractivity contribution in [3.8, 4) is 22.8 Å². The lowest BCUT2D eigenvalue weighted by Crippen LogP contribution is -2.30. The number of benzene rings is 2. The van der Waals surface area contributed by atoms with Crippen LogP contribution < -0.4 is 9.47 Å². The molecule has 1 amide bonds. The molecule has 0 aliphatic carbocycles. The lowest BCUT2D eigenvalue weighted by molar-refractivity contribution is 0.0742. The largest absolute Gasteiger partial charge is 0.497 e. The number of hydrogen-bond acceptors (Lipinski definition) is 4. The molecule has 0 unspecified atom stereocenters. The third-order valence-electron chi connectivity index (χ3n) is 5.38. The Morgan fingerprint density at radius 2 is 1.86 bits per heavy atom. The maximum Gasteiger partial charge on any atom is 0.273 e. The van der Waals surface area contributed by atoms with Gasteiger partial charge in [-0.05, 0) is 31.5 Å². The highest BCUT2D eigenvalue weighted by molar-refractivity contribution is 6.00. The number of amides is 1. The Hall–Kier alpha value is -3.28. The van der Waals surface area contributed by atoms with Gasteiger partial charge in [-0.1, -0.05) is 36.8 Å². The minimum Gasteiger partial charge on any atom is -0.497 e. The maximum absolute atomic E-state index is 13.2. The van der Waals surface area contributed by atoms with Crippen molar-refractivity contribution in [2.45, 2.75) is 26.3 Å². The summed E-state index contributed by atoms with van der Waals surface area (Å²) in [7, 11) is 3.28. The van der Waals surface area contributed by atoms with E-state index in [1.807, 2.05) is 35.2 Å². The zero-order valence-electron chi connectivity index (χ0n) is 17.2. The number of nitrogens with zero attached hydrogens (tertiary/aromatic N) is 2. The summed E-state index contributed by atoms with van der Waals surface area (Å²) in [5.74, 6) is 1.40. The van der Waals surface area contributed by atoms with E-state index in [1.54, 1.807) is 14.2 Å². The van der Waals surface area contributed by atoms with E-state index in [2.05, 4.69) is 36.2 Å². The second-order valence-corrected chi connectivity index (χ2v) is 7.24. The number of methoxy groups -OCH3 is 2. The maximum atomic E-state index is 13.2. The summed E-state index contributed by atoms with van der Waals surface area (Å²) in [4.78, 5) is 15.1. The van der Waals surface area contributed by atoms with Crippen molar-refractivity contribution in [2.75, 3.05) is 20.8 Å². The fourth-order valence-corrected chi connectivity index (χ4v) is 3.98. The van der Waals surface area contributed by atoms with Crippen LogP contribution in [0.15, 0.2) is 42.5 Å². The SMILES string of the molecule is CCCN1C(=O)c2[nH]nc(-c3ccc(C)cc3)c2[C@H]1c1cc(OC)ccc1OC. The third-order valence-corrected chi connectivity index (χ3v) is 5.38. The first kappa shape index (κ1) is 19.1. The number of H-pyrrole nitrogens is 1. The summed E-state index contributed by atoms with van der Waals surface area (Å²) in [6.45, 7) is 4.76. The first-order chi connectivity index (χ1) is 14.1. The molecule has 0 saturated carbocycles. The molecule has 1 aliphatic rings. The average Bonchev–Trinajstić information content (AvgIpc) is 3.28. The zero-order chi connectivity index (χ0) is 20.5. The van der Waals surface area contributed by atoms with E-state index in [0.717, 1.165) is 34.6 Å². The van der Waals surface area contributed by atoms with Crippen molar-refractivity contribution < 1.29 is 14.3 Å². The van der Waals surface area contributed by atoms with Crippen molar-refractivity contribution >= 4 is 5.91 Å². The summed E-state index contributed by atoms with van der Waals surface area (Å²) in [5, 5.41) is 7.50. The van der Waals surface area contributed by atoms with Crippen LogP contribution in [0.1, 0.15) is 46.6 Å². The first-order valence-corrected chi connectivity index (χ1v) is 9.77. The van der Waals surface area contributed by atoms with E-state index in [4.69, 9.17) is 9.47 Å². The van der Waals surface area contributed by atoms with Crippen LogP contribution >= 0.6 is 0 Å². The normalized spacial score (nSPS) is 15.5. The summed E-state index contributed by atoms with van der Waals surface area (Å²) >= 11 is 0. The van der Waals surface area contributed by atoms with Gasteiger partial charge in [-0.25, -0.2) is 0 Å². The van der Waals surface area contributed by atoms with E-state index in [1.165, 1.54) is 5.56 Å². The van der Waals surface area contributed by atoms with Gasteiger partial charge in [-0.2, -0.15) is 5.10 Å². The van der Waals surface area contributed by atoms with Crippen LogP contribution in [0, 0.1) is 6.92 Å². The van der Waals surface area contributed by atoms with Crippen LogP contribution in [0.25, 0.3) is 11.3 Å². The van der Waals surface area contributed by atoms with Gasteiger partial charge in [0.1, 0.15) is 17.2 Å². The molecule has 0 saturated heterocycles. The van der Waals surface area contributed by atoms with Crippen molar-refractivity contribution in [2.24, 2.45) is 0 Å². The minimum absolute atomic E-state index is 0.0393. The van der Waals surface area contributed by atoms with Gasteiger partial charge in [0.05, 0.1) is 26.0 Å². The molecule has 0 radical (unpaired) electrons. The highest BCUT2D eigenvalue weighted by atomic mass is 16.5. The van der Waals surface area contributed by atoms with E-state index in [0.29, 0.717) is 18.0 Å². The number of aromatic amines is 1. The number of aryl methyl sites for hydroxylation is 1. The number of carbonyl (C=O) groups excluding carboxylic acids is 1. The lowest BCUT2D eigenvalue weighted by atomic mass is 9.95. The second kappa shape index (κ2) is 7.62. The van der Waals surface area contributed by atoms with Crippen LogP contribution in [-0.4, -0.2) is 41.8 Å². The Morgan fingerprint density at radius 3 is 2.52 bits per heavy atom. The van der Waals surface area contributed by atoms with E-state index >= 15 is 0 Å². The van der Waals surface area contributed by atoms with Crippen LogP contribution in [0.5, 0.6) is 11.5 Å². The predicted molar refractivity (Wildman–Crippen MR) is 111 cm³/mol. The molecule has 6 nitrogen and oxygen atoms in total. The molecule has 150 valence electrons. The molecule has 29 heavy (non-hydrogen) atoms. The molecule has 0 spiro atoms. The number of carbonyl (C=O) groups is 1. The van der Waals surface area contributed by atoms with Gasteiger partial charge >= 0.3 is 0 Å². The molecular weight excluding hydrogens is 366 g/mol. The second-order valence-electron chi connectivity index (χ2n) is 7.24. The lowest BCUT2D eigenvalue weighted by Gasteiger charge is -2.27. The first-order valence-electron chi connectivity index (χ1n) is 9.77. The molecule has 1 aliphatic heterocycles. The summed E-state index contributed by atoms with van der Waals surface area (Å²) in [6.07, 6.45) is 0.853. The van der Waals surface area contributed by atoms with Crippen LogP contribution in [0.2, 0.25) is 0 Å². The Bertz CT molecular complexity index is 1040. The summed E-state index contributed by atoms with van der Waals surface area (Å²) < 4.78 is 11.1. The molecule has 1 aromatic heterocycles. The van der Waals surface area contributed by atoms with Crippen molar-refractivity contribution in [1.82, 2.24) is 15.1 Å². The Balaban J connectivity index is 1.93. The van der Waals surface area contributed by atoms with Crippen molar-refractivity contribution in [3.63, 3.8) is 0 Å². The van der Waals surface area contributed by atoms with Crippen LogP contribution in [0.4, 0.5) is 0 Å². The quantitative estimate of drug-likeness (QED) is 0.678. The molecule has 2 heterocycles. The van der Waals surface area contributed by atoms with E-state index in [-0.39, 0.29) is 11.9 Å². The number of fused-ring (bicyclic) bond motifs is 1. The standard InChI is InChI=1S/C23H25N3O3/c1-5-12-26-22(17-13-16(28-3)10-11-18(17)29-4)19-20(24-25-21(19)23(26)27)15-8-6-14(2)7-9-15/h6-11,13,22H,5,12H2,1-4H3,(H,24,25)/t22-/m1/s1. The van der Waals surface area contributed by atoms with Gasteiger partial charge in [-0.3, -0.25) is 9.89 Å².